The third-order valence-corrected chi connectivity index (χ3v) is 3.88. The summed E-state index contributed by atoms with van der Waals surface area (Å²) in [4.78, 5) is 11.7. The van der Waals surface area contributed by atoms with Crippen LogP contribution in [-0.2, 0) is 4.74 Å². The van der Waals surface area contributed by atoms with Crippen molar-refractivity contribution in [1.29, 1.82) is 0 Å². The Morgan fingerprint density at radius 3 is 2.35 bits per heavy atom. The molecule has 1 atom stereocenters. The third-order valence-electron chi connectivity index (χ3n) is 3.88. The number of carbonyl (C=O) groups is 1. The van der Waals surface area contributed by atoms with Gasteiger partial charge in [0.05, 0.1) is 0 Å². The summed E-state index contributed by atoms with van der Waals surface area (Å²) in [5.74, 6) is 0.520. The summed E-state index contributed by atoms with van der Waals surface area (Å²) in [6.07, 6.45) is 1.84. The number of rotatable bonds is 4. The zero-order valence-corrected chi connectivity index (χ0v) is 13.6. The van der Waals surface area contributed by atoms with Crippen molar-refractivity contribution in [2.24, 2.45) is 17.1 Å². The summed E-state index contributed by atoms with van der Waals surface area (Å²) in [7, 11) is 0. The van der Waals surface area contributed by atoms with Gasteiger partial charge in [-0.1, -0.05) is 13.8 Å². The highest BCUT2D eigenvalue weighted by molar-refractivity contribution is 5.67. The lowest BCUT2D eigenvalue weighted by molar-refractivity contribution is 0.0490. The maximum absolute atomic E-state index is 11.7. The molecule has 1 unspecified atom stereocenters. The first-order chi connectivity index (χ1) is 9.12. The number of carbonyl (C=O) groups excluding carboxylic acids is 1. The average molecular weight is 285 g/mol. The van der Waals surface area contributed by atoms with E-state index >= 15 is 0 Å². The normalized spacial score (nSPS) is 19.5. The summed E-state index contributed by atoms with van der Waals surface area (Å²) >= 11 is 0. The molecular formula is C15H31N3O2. The van der Waals surface area contributed by atoms with E-state index in [-0.39, 0.29) is 17.6 Å². The van der Waals surface area contributed by atoms with Crippen molar-refractivity contribution in [3.63, 3.8) is 0 Å². The molecule has 1 heterocycles. The molecule has 0 aromatic rings. The van der Waals surface area contributed by atoms with E-state index in [2.05, 4.69) is 24.5 Å². The quantitative estimate of drug-likeness (QED) is 0.737. The van der Waals surface area contributed by atoms with Gasteiger partial charge in [-0.15, -0.1) is 0 Å². The van der Waals surface area contributed by atoms with Crippen LogP contribution in [0.5, 0.6) is 0 Å². The molecule has 5 heteroatoms. The first kappa shape index (κ1) is 17.2. The van der Waals surface area contributed by atoms with E-state index in [1.165, 1.54) is 0 Å². The van der Waals surface area contributed by atoms with E-state index in [0.29, 0.717) is 12.5 Å². The van der Waals surface area contributed by atoms with Crippen molar-refractivity contribution in [3.05, 3.63) is 0 Å². The van der Waals surface area contributed by atoms with Crippen LogP contribution in [0.3, 0.4) is 0 Å². The Labute approximate surface area is 123 Å². The Morgan fingerprint density at radius 1 is 1.30 bits per heavy atom. The molecule has 4 N–H and O–H groups in total. The molecule has 20 heavy (non-hydrogen) atoms. The lowest BCUT2D eigenvalue weighted by Crippen LogP contribution is -2.52. The van der Waals surface area contributed by atoms with Crippen molar-refractivity contribution in [1.82, 2.24) is 10.6 Å². The number of amides is 1. The minimum absolute atomic E-state index is 0.0829. The van der Waals surface area contributed by atoms with E-state index in [4.69, 9.17) is 10.5 Å². The number of nitrogens with two attached hydrogens (primary N) is 1. The predicted octanol–water partition coefficient (Wildman–Crippen LogP) is 1.86. The van der Waals surface area contributed by atoms with Crippen molar-refractivity contribution < 1.29 is 9.53 Å². The second-order valence-electron chi connectivity index (χ2n) is 7.46. The van der Waals surface area contributed by atoms with Crippen LogP contribution in [0.2, 0.25) is 0 Å². The Kier molecular flexibility index (Phi) is 5.83. The molecule has 1 fully saturated rings. The van der Waals surface area contributed by atoms with Gasteiger partial charge in [-0.25, -0.2) is 4.79 Å². The van der Waals surface area contributed by atoms with Crippen LogP contribution in [0.25, 0.3) is 0 Å². The van der Waals surface area contributed by atoms with Gasteiger partial charge in [0.1, 0.15) is 5.60 Å². The van der Waals surface area contributed by atoms with Crippen LogP contribution in [0.4, 0.5) is 4.79 Å². The topological polar surface area (TPSA) is 76.4 Å². The van der Waals surface area contributed by atoms with Gasteiger partial charge in [0.15, 0.2) is 0 Å². The summed E-state index contributed by atoms with van der Waals surface area (Å²) in [5.41, 5.74) is 5.81. The molecule has 1 rings (SSSR count). The summed E-state index contributed by atoms with van der Waals surface area (Å²) in [6, 6.07) is 0.0829. The highest BCUT2D eigenvalue weighted by Crippen LogP contribution is 2.28. The van der Waals surface area contributed by atoms with E-state index in [9.17, 15) is 4.79 Å². The van der Waals surface area contributed by atoms with Gasteiger partial charge >= 0.3 is 6.09 Å². The Bertz CT molecular complexity index is 318. The molecule has 1 aliphatic heterocycles. The lowest BCUT2D eigenvalue weighted by atomic mass is 9.74. The van der Waals surface area contributed by atoms with E-state index in [1.807, 2.05) is 20.8 Å². The van der Waals surface area contributed by atoms with Crippen LogP contribution in [0, 0.1) is 11.3 Å². The van der Waals surface area contributed by atoms with Gasteiger partial charge in [-0.05, 0) is 58.0 Å². The number of nitrogens with one attached hydrogen (secondary N) is 2. The number of hydrogen-bond acceptors (Lipinski definition) is 4. The highest BCUT2D eigenvalue weighted by atomic mass is 16.6. The fourth-order valence-corrected chi connectivity index (χ4v) is 2.57. The zero-order valence-electron chi connectivity index (χ0n) is 13.6. The largest absolute Gasteiger partial charge is 0.444 e. The summed E-state index contributed by atoms with van der Waals surface area (Å²) in [6.45, 7) is 12.4. The molecular weight excluding hydrogens is 254 g/mol. The molecule has 0 radical (unpaired) electrons. The lowest BCUT2D eigenvalue weighted by Gasteiger charge is -2.39. The minimum atomic E-state index is -0.467. The minimum Gasteiger partial charge on any atom is -0.444 e. The van der Waals surface area contributed by atoms with E-state index < -0.39 is 5.60 Å². The van der Waals surface area contributed by atoms with Gasteiger partial charge in [-0.3, -0.25) is 0 Å². The van der Waals surface area contributed by atoms with Crippen LogP contribution < -0.4 is 16.4 Å². The molecule has 5 nitrogen and oxygen atoms in total. The zero-order chi connectivity index (χ0) is 15.4. The standard InChI is InChI=1S/C15H31N3O2/c1-14(2,3)20-13(19)18-10-15(4,5)12(16)11-6-8-17-9-7-11/h11-12,17H,6-10,16H2,1-5H3,(H,18,19). The fraction of sp³-hybridized carbons (Fsp3) is 0.933. The number of hydrogen-bond donors (Lipinski definition) is 3. The van der Waals surface area contributed by atoms with Crippen LogP contribution in [-0.4, -0.2) is 37.4 Å². The summed E-state index contributed by atoms with van der Waals surface area (Å²) in [5, 5.41) is 6.19. The second-order valence-corrected chi connectivity index (χ2v) is 7.46. The molecule has 0 bridgehead atoms. The summed E-state index contributed by atoms with van der Waals surface area (Å²) < 4.78 is 5.26. The highest BCUT2D eigenvalue weighted by Gasteiger charge is 2.34. The van der Waals surface area contributed by atoms with Crippen LogP contribution in [0.15, 0.2) is 0 Å². The van der Waals surface area contributed by atoms with Gasteiger partial charge in [0.2, 0.25) is 0 Å². The fourth-order valence-electron chi connectivity index (χ4n) is 2.57. The van der Waals surface area contributed by atoms with Gasteiger partial charge in [-0.2, -0.15) is 0 Å². The van der Waals surface area contributed by atoms with Crippen molar-refractivity contribution in [3.8, 4) is 0 Å². The molecule has 0 aromatic carbocycles. The smallest absolute Gasteiger partial charge is 0.407 e. The number of alkyl carbamates (subject to hydrolysis) is 1. The molecule has 1 saturated heterocycles. The first-order valence-corrected chi connectivity index (χ1v) is 7.55. The molecule has 0 saturated carbocycles. The maximum atomic E-state index is 11.7. The molecule has 118 valence electrons. The maximum Gasteiger partial charge on any atom is 0.407 e. The Morgan fingerprint density at radius 2 is 1.85 bits per heavy atom. The Balaban J connectivity index is 2.45. The molecule has 0 aromatic heterocycles. The van der Waals surface area contributed by atoms with Crippen molar-refractivity contribution >= 4 is 6.09 Å². The van der Waals surface area contributed by atoms with Crippen molar-refractivity contribution in [2.75, 3.05) is 19.6 Å². The van der Waals surface area contributed by atoms with Gasteiger partial charge in [0, 0.05) is 12.6 Å². The Hall–Kier alpha value is -0.810. The van der Waals surface area contributed by atoms with Gasteiger partial charge in [0.25, 0.3) is 0 Å². The molecule has 0 aliphatic carbocycles. The van der Waals surface area contributed by atoms with E-state index in [1.54, 1.807) is 0 Å². The second kappa shape index (κ2) is 6.76. The van der Waals surface area contributed by atoms with E-state index in [0.717, 1.165) is 25.9 Å². The first-order valence-electron chi connectivity index (χ1n) is 7.55. The van der Waals surface area contributed by atoms with Crippen LogP contribution >= 0.6 is 0 Å². The number of piperidine rings is 1. The van der Waals surface area contributed by atoms with Crippen LogP contribution in [0.1, 0.15) is 47.5 Å². The average Bonchev–Trinajstić information content (AvgIpc) is 2.35. The predicted molar refractivity (Wildman–Crippen MR) is 81.6 cm³/mol. The molecule has 1 aliphatic rings. The molecule has 1 amide bonds. The third kappa shape index (κ3) is 5.67. The SMILES string of the molecule is CC(C)(C)OC(=O)NCC(C)(C)C(N)C1CCNCC1. The monoisotopic (exact) mass is 285 g/mol. The number of ether oxygens (including phenoxy) is 1. The van der Waals surface area contributed by atoms with Crippen molar-refractivity contribution in [2.45, 2.75) is 59.1 Å². The van der Waals surface area contributed by atoms with Gasteiger partial charge < -0.3 is 21.1 Å². The molecule has 0 spiro atoms.